The van der Waals surface area contributed by atoms with Gasteiger partial charge in [-0.2, -0.15) is 0 Å². The fourth-order valence-corrected chi connectivity index (χ4v) is 2.85. The van der Waals surface area contributed by atoms with Gasteiger partial charge in [0.15, 0.2) is 0 Å². The maximum absolute atomic E-state index is 11.9. The minimum Gasteiger partial charge on any atom is -0.325 e. The Balaban J connectivity index is 0.00000264. The molecule has 1 unspecified atom stereocenters. The second-order valence-electron chi connectivity index (χ2n) is 6.54. The average molecular weight is 340 g/mol. The standard InChI is InChI=1S/C18H29N3O.ClH/c1-3-4-17(19)18(22)20-16-7-5-15(6-8-16)13-21-11-9-14(2)10-12-21;/h5-8,14,17H,3-4,9-13,19H2,1-2H3,(H,20,22);1H. The molecule has 0 spiro atoms. The minimum absolute atomic E-state index is 0. The first kappa shape index (κ1) is 19.9. The minimum atomic E-state index is -0.417. The van der Waals surface area contributed by atoms with E-state index in [2.05, 4.69) is 29.3 Å². The summed E-state index contributed by atoms with van der Waals surface area (Å²) in [5.74, 6) is 0.765. The molecule has 1 aromatic rings. The number of nitrogens with two attached hydrogens (primary N) is 1. The fourth-order valence-electron chi connectivity index (χ4n) is 2.85. The van der Waals surface area contributed by atoms with Crippen molar-refractivity contribution in [3.05, 3.63) is 29.8 Å². The van der Waals surface area contributed by atoms with Crippen molar-refractivity contribution in [2.24, 2.45) is 11.7 Å². The number of carbonyl (C=O) groups excluding carboxylic acids is 1. The number of carbonyl (C=O) groups is 1. The Hall–Kier alpha value is -1.10. The summed E-state index contributed by atoms with van der Waals surface area (Å²) in [6.07, 6.45) is 4.23. The summed E-state index contributed by atoms with van der Waals surface area (Å²) in [7, 11) is 0. The van der Waals surface area contributed by atoms with Crippen LogP contribution in [0.5, 0.6) is 0 Å². The van der Waals surface area contributed by atoms with E-state index in [0.717, 1.165) is 31.0 Å². The molecule has 0 bridgehead atoms. The van der Waals surface area contributed by atoms with E-state index in [-0.39, 0.29) is 18.3 Å². The lowest BCUT2D eigenvalue weighted by Gasteiger charge is -2.30. The van der Waals surface area contributed by atoms with E-state index < -0.39 is 6.04 Å². The monoisotopic (exact) mass is 339 g/mol. The summed E-state index contributed by atoms with van der Waals surface area (Å²) < 4.78 is 0. The third-order valence-corrected chi connectivity index (χ3v) is 4.44. The molecule has 23 heavy (non-hydrogen) atoms. The summed E-state index contributed by atoms with van der Waals surface area (Å²) in [5, 5.41) is 2.89. The van der Waals surface area contributed by atoms with E-state index in [4.69, 9.17) is 5.73 Å². The van der Waals surface area contributed by atoms with Crippen molar-refractivity contribution in [1.82, 2.24) is 4.90 Å². The molecule has 1 aromatic carbocycles. The van der Waals surface area contributed by atoms with Crippen molar-refractivity contribution in [3.63, 3.8) is 0 Å². The van der Waals surface area contributed by atoms with Gasteiger partial charge in [-0.15, -0.1) is 12.4 Å². The number of likely N-dealkylation sites (tertiary alicyclic amines) is 1. The van der Waals surface area contributed by atoms with E-state index in [1.165, 1.54) is 31.5 Å². The fraction of sp³-hybridized carbons (Fsp3) is 0.611. The van der Waals surface area contributed by atoms with E-state index in [1.54, 1.807) is 0 Å². The van der Waals surface area contributed by atoms with Crippen LogP contribution in [0.1, 0.15) is 45.1 Å². The van der Waals surface area contributed by atoms with Gasteiger partial charge in [0.05, 0.1) is 6.04 Å². The van der Waals surface area contributed by atoms with Crippen molar-refractivity contribution < 1.29 is 4.79 Å². The van der Waals surface area contributed by atoms with Gasteiger partial charge in [-0.05, 0) is 56.0 Å². The highest BCUT2D eigenvalue weighted by Crippen LogP contribution is 2.19. The molecule has 0 radical (unpaired) electrons. The first-order valence-corrected chi connectivity index (χ1v) is 8.46. The van der Waals surface area contributed by atoms with E-state index >= 15 is 0 Å². The molecule has 0 aromatic heterocycles. The molecule has 130 valence electrons. The average Bonchev–Trinajstić information content (AvgIpc) is 2.51. The van der Waals surface area contributed by atoms with Gasteiger partial charge < -0.3 is 11.1 Å². The van der Waals surface area contributed by atoms with E-state index in [1.807, 2.05) is 19.1 Å². The van der Waals surface area contributed by atoms with Crippen LogP contribution < -0.4 is 11.1 Å². The molecule has 1 aliphatic rings. The van der Waals surface area contributed by atoms with Crippen LogP contribution in [-0.2, 0) is 11.3 Å². The molecular weight excluding hydrogens is 310 g/mol. The number of amides is 1. The zero-order valence-electron chi connectivity index (χ0n) is 14.3. The molecule has 4 nitrogen and oxygen atoms in total. The lowest BCUT2D eigenvalue weighted by atomic mass is 9.99. The summed E-state index contributed by atoms with van der Waals surface area (Å²) >= 11 is 0. The Morgan fingerprint density at radius 1 is 1.30 bits per heavy atom. The molecule has 1 heterocycles. The van der Waals surface area contributed by atoms with Crippen LogP contribution in [0.25, 0.3) is 0 Å². The van der Waals surface area contributed by atoms with E-state index in [9.17, 15) is 4.79 Å². The SMILES string of the molecule is CCCC(N)C(=O)Nc1ccc(CN2CCC(C)CC2)cc1.Cl. The number of halogens is 1. The van der Waals surface area contributed by atoms with Gasteiger partial charge in [0.2, 0.25) is 5.91 Å². The quantitative estimate of drug-likeness (QED) is 0.835. The molecule has 1 fully saturated rings. The molecule has 1 saturated heterocycles. The molecule has 0 saturated carbocycles. The summed E-state index contributed by atoms with van der Waals surface area (Å²) in [4.78, 5) is 14.4. The first-order chi connectivity index (χ1) is 10.6. The molecule has 0 aliphatic carbocycles. The molecule has 1 aliphatic heterocycles. The normalized spacial score (nSPS) is 17.3. The third kappa shape index (κ3) is 6.50. The second kappa shape index (κ2) is 9.91. The highest BCUT2D eigenvalue weighted by Gasteiger charge is 2.16. The van der Waals surface area contributed by atoms with Gasteiger partial charge in [0.1, 0.15) is 0 Å². The zero-order valence-corrected chi connectivity index (χ0v) is 15.1. The van der Waals surface area contributed by atoms with Crippen molar-refractivity contribution in [2.75, 3.05) is 18.4 Å². The predicted octanol–water partition coefficient (Wildman–Crippen LogP) is 3.41. The first-order valence-electron chi connectivity index (χ1n) is 8.46. The van der Waals surface area contributed by atoms with Crippen LogP contribution in [0.15, 0.2) is 24.3 Å². The van der Waals surface area contributed by atoms with Crippen LogP contribution in [0, 0.1) is 5.92 Å². The number of hydrogen-bond donors (Lipinski definition) is 2. The van der Waals surface area contributed by atoms with Crippen LogP contribution in [0.2, 0.25) is 0 Å². The lowest BCUT2D eigenvalue weighted by molar-refractivity contribution is -0.117. The van der Waals surface area contributed by atoms with Gasteiger partial charge in [-0.25, -0.2) is 0 Å². The molecule has 3 N–H and O–H groups in total. The van der Waals surface area contributed by atoms with Gasteiger partial charge >= 0.3 is 0 Å². The Kier molecular flexibility index (Phi) is 8.59. The van der Waals surface area contributed by atoms with Gasteiger partial charge in [0, 0.05) is 12.2 Å². The Bertz CT molecular complexity index is 470. The Morgan fingerprint density at radius 2 is 1.91 bits per heavy atom. The number of benzene rings is 1. The number of piperidine rings is 1. The van der Waals surface area contributed by atoms with Crippen molar-refractivity contribution in [2.45, 2.75) is 52.1 Å². The summed E-state index contributed by atoms with van der Waals surface area (Å²) in [6.45, 7) is 7.73. The van der Waals surface area contributed by atoms with Gasteiger partial charge in [-0.1, -0.05) is 32.4 Å². The third-order valence-electron chi connectivity index (χ3n) is 4.44. The summed E-state index contributed by atoms with van der Waals surface area (Å²) in [5.41, 5.74) is 7.94. The van der Waals surface area contributed by atoms with Crippen molar-refractivity contribution >= 4 is 24.0 Å². The number of rotatable bonds is 6. The lowest BCUT2D eigenvalue weighted by Crippen LogP contribution is -2.35. The maximum atomic E-state index is 11.9. The maximum Gasteiger partial charge on any atom is 0.241 e. The highest BCUT2D eigenvalue weighted by molar-refractivity contribution is 5.94. The summed E-state index contributed by atoms with van der Waals surface area (Å²) in [6, 6.07) is 7.72. The van der Waals surface area contributed by atoms with Gasteiger partial charge in [0.25, 0.3) is 0 Å². The Morgan fingerprint density at radius 3 is 2.48 bits per heavy atom. The molecule has 1 amide bonds. The number of nitrogens with zero attached hydrogens (tertiary/aromatic N) is 1. The zero-order chi connectivity index (χ0) is 15.9. The highest BCUT2D eigenvalue weighted by atomic mass is 35.5. The van der Waals surface area contributed by atoms with Crippen molar-refractivity contribution in [3.8, 4) is 0 Å². The largest absolute Gasteiger partial charge is 0.325 e. The number of nitrogens with one attached hydrogen (secondary N) is 1. The smallest absolute Gasteiger partial charge is 0.241 e. The molecule has 5 heteroatoms. The van der Waals surface area contributed by atoms with Crippen LogP contribution in [-0.4, -0.2) is 29.9 Å². The predicted molar refractivity (Wildman–Crippen MR) is 98.9 cm³/mol. The molecular formula is C18H30ClN3O. The molecule has 2 rings (SSSR count). The van der Waals surface area contributed by atoms with Gasteiger partial charge in [-0.3, -0.25) is 9.69 Å². The van der Waals surface area contributed by atoms with Crippen molar-refractivity contribution in [1.29, 1.82) is 0 Å². The Labute approximate surface area is 146 Å². The van der Waals surface area contributed by atoms with Crippen LogP contribution in [0.3, 0.4) is 0 Å². The second-order valence-corrected chi connectivity index (χ2v) is 6.54. The van der Waals surface area contributed by atoms with Crippen LogP contribution >= 0.6 is 12.4 Å². The number of hydrogen-bond acceptors (Lipinski definition) is 3. The van der Waals surface area contributed by atoms with Crippen LogP contribution in [0.4, 0.5) is 5.69 Å². The topological polar surface area (TPSA) is 58.4 Å². The van der Waals surface area contributed by atoms with E-state index in [0.29, 0.717) is 0 Å². The number of anilines is 1. The molecule has 1 atom stereocenters.